The largest absolute Gasteiger partial charge is 0.486 e. The summed E-state index contributed by atoms with van der Waals surface area (Å²) in [5.74, 6) is 1.20. The Labute approximate surface area is 253 Å². The number of amides is 1. The molecule has 4 aromatic rings. The van der Waals surface area contributed by atoms with Crippen LogP contribution >= 0.6 is 23.2 Å². The molecule has 2 fully saturated rings. The van der Waals surface area contributed by atoms with E-state index in [0.717, 1.165) is 41.4 Å². The third-order valence-corrected chi connectivity index (χ3v) is 8.28. The highest BCUT2D eigenvalue weighted by atomic mass is 35.5. The summed E-state index contributed by atoms with van der Waals surface area (Å²) in [6.07, 6.45) is 8.85. The molecule has 0 bridgehead atoms. The number of rotatable bonds is 6. The van der Waals surface area contributed by atoms with Crippen LogP contribution < -0.4 is 9.64 Å². The predicted octanol–water partition coefficient (Wildman–Crippen LogP) is 6.22. The van der Waals surface area contributed by atoms with Crippen LogP contribution in [0.25, 0.3) is 22.2 Å². The van der Waals surface area contributed by atoms with Crippen molar-refractivity contribution in [3.8, 4) is 17.0 Å². The second-order valence-corrected chi connectivity index (χ2v) is 11.3. The van der Waals surface area contributed by atoms with E-state index in [1.165, 1.54) is 4.90 Å². The highest BCUT2D eigenvalue weighted by Crippen LogP contribution is 2.37. The number of ether oxygens (including phenoxy) is 2. The Kier molecular flexibility index (Phi) is 8.32. The molecule has 0 spiro atoms. The predicted molar refractivity (Wildman–Crippen MR) is 159 cm³/mol. The highest BCUT2D eigenvalue weighted by molar-refractivity contribution is 6.35. The number of nitrogens with zero attached hydrogens (tertiary/aromatic N) is 7. The molecular weight excluding hydrogens is 581 g/mol. The van der Waals surface area contributed by atoms with Gasteiger partial charge >= 0.3 is 6.09 Å². The van der Waals surface area contributed by atoms with Gasteiger partial charge in [-0.3, -0.25) is 4.98 Å². The molecule has 2 atom stereocenters. The number of pyridine rings is 1. The molecule has 13 heteroatoms. The number of halogens is 2. The van der Waals surface area contributed by atoms with Crippen LogP contribution in [0.15, 0.2) is 43.0 Å². The van der Waals surface area contributed by atoms with Crippen LogP contribution in [-0.4, -0.2) is 73.6 Å². The normalized spacial score (nSPS) is 18.6. The molecule has 0 saturated carbocycles. The lowest BCUT2D eigenvalue weighted by atomic mass is 10.1. The van der Waals surface area contributed by atoms with Crippen molar-refractivity contribution < 1.29 is 19.4 Å². The van der Waals surface area contributed by atoms with E-state index in [4.69, 9.17) is 37.8 Å². The zero-order valence-electron chi connectivity index (χ0n) is 23.1. The van der Waals surface area contributed by atoms with Crippen LogP contribution in [0, 0.1) is 0 Å². The molecular formula is C29H31Cl2N7O4. The Bertz CT molecular complexity index is 1560. The number of carboxylic acid groups (broad SMARTS) is 1. The minimum absolute atomic E-state index is 0.162. The van der Waals surface area contributed by atoms with Crippen molar-refractivity contribution in [3.63, 3.8) is 0 Å². The van der Waals surface area contributed by atoms with Crippen molar-refractivity contribution in [1.29, 1.82) is 0 Å². The SMILES string of the molecule is C[C@@H](Oc1ccc2c(c1)c(-c1cnc(N3CCCN(C(=O)O)CC3)nc1)nn2C1CCCCO1)c1c(Cl)cncc1Cl. The molecule has 2 saturated heterocycles. The molecule has 6 rings (SSSR count). The van der Waals surface area contributed by atoms with Gasteiger partial charge in [0.15, 0.2) is 6.23 Å². The molecule has 42 heavy (non-hydrogen) atoms. The summed E-state index contributed by atoms with van der Waals surface area (Å²) in [5, 5.41) is 16.1. The molecule has 3 aromatic heterocycles. The summed E-state index contributed by atoms with van der Waals surface area (Å²) in [6, 6.07) is 5.86. The summed E-state index contributed by atoms with van der Waals surface area (Å²) in [4.78, 5) is 28.2. The maximum Gasteiger partial charge on any atom is 0.407 e. The smallest absolute Gasteiger partial charge is 0.407 e. The average Bonchev–Trinajstić information content (AvgIpc) is 3.18. The highest BCUT2D eigenvalue weighted by Gasteiger charge is 2.24. The van der Waals surface area contributed by atoms with Crippen LogP contribution in [0.5, 0.6) is 5.75 Å². The number of benzene rings is 1. The van der Waals surface area contributed by atoms with Gasteiger partial charge in [-0.1, -0.05) is 23.2 Å². The van der Waals surface area contributed by atoms with E-state index < -0.39 is 12.2 Å². The summed E-state index contributed by atoms with van der Waals surface area (Å²) in [7, 11) is 0. The van der Waals surface area contributed by atoms with Crippen LogP contribution in [0.3, 0.4) is 0 Å². The Morgan fingerprint density at radius 3 is 2.55 bits per heavy atom. The molecule has 5 heterocycles. The van der Waals surface area contributed by atoms with E-state index >= 15 is 0 Å². The maximum atomic E-state index is 11.4. The first-order chi connectivity index (χ1) is 20.4. The Hall–Kier alpha value is -3.67. The summed E-state index contributed by atoms with van der Waals surface area (Å²) in [5.41, 5.74) is 3.06. The molecule has 0 aliphatic carbocycles. The Balaban J connectivity index is 1.32. The van der Waals surface area contributed by atoms with Crippen LogP contribution in [0.1, 0.15) is 50.5 Å². The fourth-order valence-corrected chi connectivity index (χ4v) is 6.20. The molecule has 0 radical (unpaired) electrons. The van der Waals surface area contributed by atoms with Gasteiger partial charge in [0, 0.05) is 74.1 Å². The van der Waals surface area contributed by atoms with Gasteiger partial charge in [-0.2, -0.15) is 5.10 Å². The monoisotopic (exact) mass is 611 g/mol. The van der Waals surface area contributed by atoms with Gasteiger partial charge in [0.25, 0.3) is 0 Å². The second kappa shape index (κ2) is 12.3. The standard InChI is InChI=1S/C29H31Cl2N7O4/c1-18(26-22(30)16-32-17-23(26)31)42-20-6-7-24-21(13-20)27(35-38(24)25-5-2-3-12-41-25)19-14-33-28(34-15-19)36-8-4-9-37(11-10-36)29(39)40/h6-7,13-18,25H,2-5,8-12H2,1H3,(H,39,40)/t18-,25?/m1/s1. The van der Waals surface area contributed by atoms with E-state index in [0.29, 0.717) is 66.5 Å². The quantitative estimate of drug-likeness (QED) is 0.271. The number of anilines is 1. The number of hydrogen-bond donors (Lipinski definition) is 1. The Morgan fingerprint density at radius 1 is 1.05 bits per heavy atom. The van der Waals surface area contributed by atoms with Gasteiger partial charge in [0.2, 0.25) is 5.95 Å². The molecule has 2 aliphatic heterocycles. The van der Waals surface area contributed by atoms with Gasteiger partial charge in [-0.05, 0) is 50.8 Å². The fraction of sp³-hybridized carbons (Fsp3) is 0.414. The minimum atomic E-state index is -0.901. The van der Waals surface area contributed by atoms with Gasteiger partial charge in [-0.15, -0.1) is 0 Å². The molecule has 220 valence electrons. The van der Waals surface area contributed by atoms with Gasteiger partial charge in [0.05, 0.1) is 15.6 Å². The minimum Gasteiger partial charge on any atom is -0.486 e. The third-order valence-electron chi connectivity index (χ3n) is 7.68. The van der Waals surface area contributed by atoms with E-state index in [2.05, 4.69) is 15.0 Å². The zero-order chi connectivity index (χ0) is 29.2. The average molecular weight is 613 g/mol. The van der Waals surface area contributed by atoms with E-state index in [-0.39, 0.29) is 6.23 Å². The molecule has 1 N–H and O–H groups in total. The summed E-state index contributed by atoms with van der Waals surface area (Å²) in [6.45, 7) is 4.72. The van der Waals surface area contributed by atoms with Crippen molar-refractivity contribution in [2.24, 2.45) is 0 Å². The first-order valence-corrected chi connectivity index (χ1v) is 14.8. The van der Waals surface area contributed by atoms with Crippen LogP contribution in [0.4, 0.5) is 10.7 Å². The van der Waals surface area contributed by atoms with Crippen molar-refractivity contribution in [2.45, 2.75) is 44.9 Å². The number of aromatic nitrogens is 5. The van der Waals surface area contributed by atoms with Crippen LogP contribution in [0.2, 0.25) is 10.0 Å². The lowest BCUT2D eigenvalue weighted by Crippen LogP contribution is -2.34. The second-order valence-electron chi connectivity index (χ2n) is 10.5. The van der Waals surface area contributed by atoms with E-state index in [9.17, 15) is 9.90 Å². The zero-order valence-corrected chi connectivity index (χ0v) is 24.6. The van der Waals surface area contributed by atoms with Crippen molar-refractivity contribution in [2.75, 3.05) is 37.7 Å². The van der Waals surface area contributed by atoms with E-state index in [1.807, 2.05) is 34.7 Å². The lowest BCUT2D eigenvalue weighted by molar-refractivity contribution is -0.0365. The topological polar surface area (TPSA) is 119 Å². The fourth-order valence-electron chi connectivity index (χ4n) is 5.53. The third kappa shape index (κ3) is 5.81. The van der Waals surface area contributed by atoms with Gasteiger partial charge < -0.3 is 24.4 Å². The number of fused-ring (bicyclic) bond motifs is 1. The van der Waals surface area contributed by atoms with Gasteiger partial charge in [-0.25, -0.2) is 19.4 Å². The maximum absolute atomic E-state index is 11.4. The Morgan fingerprint density at radius 2 is 1.83 bits per heavy atom. The van der Waals surface area contributed by atoms with Crippen LogP contribution in [-0.2, 0) is 4.74 Å². The van der Waals surface area contributed by atoms with Crippen molar-refractivity contribution >= 4 is 46.1 Å². The number of hydrogen-bond acceptors (Lipinski definition) is 8. The lowest BCUT2D eigenvalue weighted by Gasteiger charge is -2.23. The first kappa shape index (κ1) is 28.4. The molecule has 1 aromatic carbocycles. The molecule has 11 nitrogen and oxygen atoms in total. The molecule has 1 unspecified atom stereocenters. The van der Waals surface area contributed by atoms with Crippen molar-refractivity contribution in [1.82, 2.24) is 29.6 Å². The van der Waals surface area contributed by atoms with Gasteiger partial charge in [0.1, 0.15) is 17.5 Å². The molecule has 1 amide bonds. The molecule has 2 aliphatic rings. The summed E-state index contributed by atoms with van der Waals surface area (Å²) < 4.78 is 14.3. The van der Waals surface area contributed by atoms with E-state index in [1.54, 1.807) is 24.8 Å². The van der Waals surface area contributed by atoms with Crippen molar-refractivity contribution in [3.05, 3.63) is 58.6 Å². The summed E-state index contributed by atoms with van der Waals surface area (Å²) >= 11 is 12.8. The first-order valence-electron chi connectivity index (χ1n) is 14.0. The number of carbonyl (C=O) groups is 1.